The molecule has 0 bridgehead atoms. The maximum Gasteiger partial charge on any atom is 0.321 e. The zero-order valence-electron chi connectivity index (χ0n) is 24.9. The van der Waals surface area contributed by atoms with Crippen LogP contribution >= 0.6 is 0 Å². The third kappa shape index (κ3) is 7.57. The van der Waals surface area contributed by atoms with Crippen LogP contribution in [-0.2, 0) is 10.0 Å². The first-order chi connectivity index (χ1) is 20.4. The molecule has 0 radical (unpaired) electrons. The van der Waals surface area contributed by atoms with Gasteiger partial charge in [0.05, 0.1) is 36.8 Å². The van der Waals surface area contributed by atoms with Crippen molar-refractivity contribution in [2.75, 3.05) is 43.9 Å². The molecule has 0 spiro atoms. The van der Waals surface area contributed by atoms with Gasteiger partial charge in [-0.25, -0.2) is 13.2 Å². The van der Waals surface area contributed by atoms with E-state index in [2.05, 4.69) is 10.0 Å². The first-order valence-corrected chi connectivity index (χ1v) is 15.4. The van der Waals surface area contributed by atoms with Crippen molar-refractivity contribution in [1.82, 2.24) is 9.80 Å². The van der Waals surface area contributed by atoms with Crippen molar-refractivity contribution >= 4 is 33.3 Å². The van der Waals surface area contributed by atoms with E-state index in [9.17, 15) is 23.1 Å². The van der Waals surface area contributed by atoms with Crippen LogP contribution in [0, 0.1) is 12.8 Å². The molecule has 0 unspecified atom stereocenters. The predicted octanol–water partition coefficient (Wildman–Crippen LogP) is 4.19. The number of aliphatic hydroxyl groups is 1. The van der Waals surface area contributed by atoms with Crippen LogP contribution in [0.4, 0.5) is 16.2 Å². The molecule has 1 aliphatic heterocycles. The Kier molecular flexibility index (Phi) is 9.82. The van der Waals surface area contributed by atoms with Crippen LogP contribution in [0.3, 0.4) is 0 Å². The van der Waals surface area contributed by atoms with Gasteiger partial charge in [-0.1, -0.05) is 24.6 Å². The summed E-state index contributed by atoms with van der Waals surface area (Å²) in [6.07, 6.45) is -0.526. The molecule has 0 saturated carbocycles. The Hall–Kier alpha value is -4.29. The fourth-order valence-electron chi connectivity index (χ4n) is 4.68. The van der Waals surface area contributed by atoms with Crippen LogP contribution in [0.5, 0.6) is 11.5 Å². The summed E-state index contributed by atoms with van der Waals surface area (Å²) < 4.78 is 40.1. The number of urea groups is 1. The van der Waals surface area contributed by atoms with E-state index in [4.69, 9.17) is 9.47 Å². The standard InChI is InChI=1S/C31H38N4O7S/c1-20-6-13-26(14-7-20)43(39,40)33-24-10-15-28-27(16-24)30(37)35(22(3)19-36)17-21(2)29(42-28)18-34(4)31(38)32-23-8-11-25(41-5)12-9-23/h6-16,21-22,29,33,36H,17-19H2,1-5H3,(H,32,38)/t21-,22+,29+/m0/s1. The molecule has 3 aromatic rings. The molecule has 43 heavy (non-hydrogen) atoms. The van der Waals surface area contributed by atoms with Gasteiger partial charge in [-0.15, -0.1) is 0 Å². The molecule has 0 aromatic heterocycles. The van der Waals surface area contributed by atoms with Gasteiger partial charge in [-0.3, -0.25) is 9.52 Å². The van der Waals surface area contributed by atoms with Crippen molar-refractivity contribution in [1.29, 1.82) is 0 Å². The number of aryl methyl sites for hydroxylation is 1. The van der Waals surface area contributed by atoms with Crippen molar-refractivity contribution in [3.63, 3.8) is 0 Å². The summed E-state index contributed by atoms with van der Waals surface area (Å²) in [7, 11) is -0.698. The lowest BCUT2D eigenvalue weighted by molar-refractivity contribution is 0.0371. The Morgan fingerprint density at radius 2 is 1.77 bits per heavy atom. The Morgan fingerprint density at radius 3 is 2.40 bits per heavy atom. The van der Waals surface area contributed by atoms with Crippen LogP contribution in [-0.4, -0.2) is 81.3 Å². The number of benzene rings is 3. The number of aliphatic hydroxyl groups excluding tert-OH is 1. The molecular formula is C31H38N4O7S. The number of sulfonamides is 1. The van der Waals surface area contributed by atoms with Gasteiger partial charge < -0.3 is 29.7 Å². The number of amides is 3. The van der Waals surface area contributed by atoms with Crippen molar-refractivity contribution < 1.29 is 32.6 Å². The maximum absolute atomic E-state index is 13.7. The summed E-state index contributed by atoms with van der Waals surface area (Å²) >= 11 is 0. The number of nitrogens with one attached hydrogen (secondary N) is 2. The third-order valence-corrected chi connectivity index (χ3v) is 8.79. The van der Waals surface area contributed by atoms with Crippen molar-refractivity contribution in [3.8, 4) is 11.5 Å². The van der Waals surface area contributed by atoms with Gasteiger partial charge >= 0.3 is 6.03 Å². The summed E-state index contributed by atoms with van der Waals surface area (Å²) in [6, 6.07) is 17.1. The lowest BCUT2D eigenvalue weighted by Crippen LogP contribution is -2.50. The van der Waals surface area contributed by atoms with Crippen molar-refractivity contribution in [2.45, 2.75) is 37.8 Å². The molecule has 0 fully saturated rings. The smallest absolute Gasteiger partial charge is 0.321 e. The number of ether oxygens (including phenoxy) is 2. The minimum Gasteiger partial charge on any atom is -0.497 e. The average Bonchev–Trinajstić information content (AvgIpc) is 2.99. The van der Waals surface area contributed by atoms with Crippen LogP contribution in [0.1, 0.15) is 29.8 Å². The van der Waals surface area contributed by atoms with E-state index in [1.165, 1.54) is 29.2 Å². The minimum absolute atomic E-state index is 0.0905. The molecule has 0 saturated heterocycles. The monoisotopic (exact) mass is 610 g/mol. The molecule has 3 aromatic carbocycles. The average molecular weight is 611 g/mol. The van der Waals surface area contributed by atoms with Gasteiger partial charge in [0.25, 0.3) is 15.9 Å². The van der Waals surface area contributed by atoms with Gasteiger partial charge in [0.15, 0.2) is 0 Å². The number of carbonyl (C=O) groups excluding carboxylic acids is 2. The summed E-state index contributed by atoms with van der Waals surface area (Å²) in [5.74, 6) is 0.300. The largest absolute Gasteiger partial charge is 0.497 e. The fraction of sp³-hybridized carbons (Fsp3) is 0.355. The molecule has 230 valence electrons. The normalized spacial score (nSPS) is 17.5. The molecule has 1 heterocycles. The van der Waals surface area contributed by atoms with E-state index in [0.29, 0.717) is 11.4 Å². The number of carbonyl (C=O) groups is 2. The van der Waals surface area contributed by atoms with Crippen LogP contribution in [0.2, 0.25) is 0 Å². The van der Waals surface area contributed by atoms with E-state index < -0.39 is 28.1 Å². The van der Waals surface area contributed by atoms with E-state index in [0.717, 1.165) is 5.56 Å². The first-order valence-electron chi connectivity index (χ1n) is 13.9. The Morgan fingerprint density at radius 1 is 1.12 bits per heavy atom. The quantitative estimate of drug-likeness (QED) is 0.330. The van der Waals surface area contributed by atoms with Crippen molar-refractivity contribution in [2.24, 2.45) is 5.92 Å². The highest BCUT2D eigenvalue weighted by Gasteiger charge is 2.34. The Bertz CT molecular complexity index is 1550. The Labute approximate surface area is 252 Å². The molecule has 4 rings (SSSR count). The van der Waals surface area contributed by atoms with Gasteiger partial charge in [0.2, 0.25) is 0 Å². The molecule has 0 aliphatic carbocycles. The summed E-state index contributed by atoms with van der Waals surface area (Å²) in [5.41, 5.74) is 1.86. The molecule has 1 aliphatic rings. The Balaban J connectivity index is 1.59. The van der Waals surface area contributed by atoms with Crippen molar-refractivity contribution in [3.05, 3.63) is 77.9 Å². The van der Waals surface area contributed by atoms with Gasteiger partial charge in [0.1, 0.15) is 17.6 Å². The third-order valence-electron chi connectivity index (χ3n) is 7.39. The number of fused-ring (bicyclic) bond motifs is 1. The molecule has 3 N–H and O–H groups in total. The zero-order chi connectivity index (χ0) is 31.3. The van der Waals surface area contributed by atoms with E-state index in [-0.39, 0.29) is 53.5 Å². The van der Waals surface area contributed by atoms with Gasteiger partial charge in [-0.2, -0.15) is 0 Å². The topological polar surface area (TPSA) is 138 Å². The second-order valence-electron chi connectivity index (χ2n) is 10.8. The highest BCUT2D eigenvalue weighted by molar-refractivity contribution is 7.92. The molecular weight excluding hydrogens is 572 g/mol. The second kappa shape index (κ2) is 13.3. The summed E-state index contributed by atoms with van der Waals surface area (Å²) in [6.45, 7) is 5.70. The number of likely N-dealkylation sites (N-methyl/N-ethyl adjacent to an activating group) is 1. The first kappa shape index (κ1) is 31.6. The van der Waals surface area contributed by atoms with Crippen LogP contribution in [0.25, 0.3) is 0 Å². The van der Waals surface area contributed by atoms with E-state index >= 15 is 0 Å². The number of rotatable bonds is 9. The number of hydrogen-bond acceptors (Lipinski definition) is 7. The SMILES string of the molecule is COc1ccc(NC(=O)N(C)C[C@H]2Oc3ccc(NS(=O)(=O)c4ccc(C)cc4)cc3C(=O)N([C@H](C)CO)C[C@@H]2C)cc1. The fourth-order valence-corrected chi connectivity index (χ4v) is 5.73. The molecule has 12 heteroatoms. The van der Waals surface area contributed by atoms with E-state index in [1.807, 2.05) is 13.8 Å². The maximum atomic E-state index is 13.7. The summed E-state index contributed by atoms with van der Waals surface area (Å²) in [5, 5.41) is 12.8. The highest BCUT2D eigenvalue weighted by atomic mass is 32.2. The minimum atomic E-state index is -3.91. The number of methoxy groups -OCH3 is 1. The predicted molar refractivity (Wildman–Crippen MR) is 164 cm³/mol. The molecule has 3 atom stereocenters. The van der Waals surface area contributed by atoms with Gasteiger partial charge in [0, 0.05) is 30.9 Å². The highest BCUT2D eigenvalue weighted by Crippen LogP contribution is 2.31. The summed E-state index contributed by atoms with van der Waals surface area (Å²) in [4.78, 5) is 29.9. The van der Waals surface area contributed by atoms with E-state index in [1.54, 1.807) is 68.4 Å². The van der Waals surface area contributed by atoms with Crippen LogP contribution in [0.15, 0.2) is 71.6 Å². The number of nitrogens with zero attached hydrogens (tertiary/aromatic N) is 2. The lowest BCUT2D eigenvalue weighted by Gasteiger charge is -2.38. The molecule has 11 nitrogen and oxygen atoms in total. The molecule has 3 amide bonds. The second-order valence-corrected chi connectivity index (χ2v) is 12.5. The number of anilines is 2. The zero-order valence-corrected chi connectivity index (χ0v) is 25.7. The van der Waals surface area contributed by atoms with Gasteiger partial charge in [-0.05, 0) is 68.4 Å². The number of hydrogen-bond donors (Lipinski definition) is 3. The van der Waals surface area contributed by atoms with Crippen LogP contribution < -0.4 is 19.5 Å². The lowest BCUT2D eigenvalue weighted by atomic mass is 9.99.